The maximum absolute atomic E-state index is 13.5. The quantitative estimate of drug-likeness (QED) is 0.836. The van der Waals surface area contributed by atoms with Crippen molar-refractivity contribution in [3.63, 3.8) is 0 Å². The Morgan fingerprint density at radius 2 is 1.86 bits per heavy atom. The van der Waals surface area contributed by atoms with E-state index in [0.29, 0.717) is 24.1 Å². The van der Waals surface area contributed by atoms with Gasteiger partial charge >= 0.3 is 0 Å². The Kier molecular flexibility index (Phi) is 4.36. The highest BCUT2D eigenvalue weighted by Crippen LogP contribution is 2.40. The summed E-state index contributed by atoms with van der Waals surface area (Å²) in [5.41, 5.74) is 1.71. The second-order valence-electron chi connectivity index (χ2n) is 5.50. The van der Waals surface area contributed by atoms with E-state index in [-0.39, 0.29) is 5.82 Å². The zero-order valence-corrected chi connectivity index (χ0v) is 13.0. The van der Waals surface area contributed by atoms with E-state index < -0.39 is 5.82 Å². The molecule has 2 aromatic rings. The Morgan fingerprint density at radius 1 is 1.10 bits per heavy atom. The first-order chi connectivity index (χ1) is 10.1. The minimum atomic E-state index is -0.395. The van der Waals surface area contributed by atoms with Crippen molar-refractivity contribution >= 4 is 15.9 Å². The predicted octanol–water partition coefficient (Wildman–Crippen LogP) is 4.76. The molecule has 1 fully saturated rings. The molecule has 0 unspecified atom stereocenters. The summed E-state index contributed by atoms with van der Waals surface area (Å²) in [6, 6.07) is 12.2. The van der Waals surface area contributed by atoms with Crippen molar-refractivity contribution in [3.05, 3.63) is 69.7 Å². The molecule has 1 nitrogen and oxygen atoms in total. The fraction of sp³-hybridized carbons (Fsp3) is 0.294. The molecule has 0 radical (unpaired) electrons. The Hall–Kier alpha value is -1.26. The highest BCUT2D eigenvalue weighted by Gasteiger charge is 2.30. The van der Waals surface area contributed by atoms with Crippen LogP contribution >= 0.6 is 15.9 Å². The van der Waals surface area contributed by atoms with Gasteiger partial charge in [-0.3, -0.25) is 0 Å². The fourth-order valence-corrected chi connectivity index (χ4v) is 3.39. The number of nitrogens with one attached hydrogen (secondary N) is 1. The summed E-state index contributed by atoms with van der Waals surface area (Å²) in [6.45, 7) is 0.372. The zero-order chi connectivity index (χ0) is 14.8. The maximum atomic E-state index is 13.5. The van der Waals surface area contributed by atoms with Gasteiger partial charge in [0.15, 0.2) is 0 Å². The highest BCUT2D eigenvalue weighted by atomic mass is 79.9. The molecule has 110 valence electrons. The third-order valence-electron chi connectivity index (χ3n) is 4.07. The normalized spacial score (nSPS) is 21.1. The standard InChI is InChI=1S/C17H16BrF2N/c18-16-4-2-1-3-15(16)11-8-14(9-11)21-10-12-7-13(19)5-6-17(12)20/h1-7,11,14,21H,8-10H2. The second kappa shape index (κ2) is 6.24. The average molecular weight is 352 g/mol. The number of halogens is 3. The van der Waals surface area contributed by atoms with E-state index in [1.165, 1.54) is 17.7 Å². The Balaban J connectivity index is 1.54. The number of hydrogen-bond acceptors (Lipinski definition) is 1. The van der Waals surface area contributed by atoms with Gasteiger partial charge in [0.2, 0.25) is 0 Å². The van der Waals surface area contributed by atoms with E-state index in [1.807, 2.05) is 12.1 Å². The van der Waals surface area contributed by atoms with Crippen molar-refractivity contribution in [1.82, 2.24) is 5.32 Å². The molecule has 3 rings (SSSR count). The van der Waals surface area contributed by atoms with Crippen LogP contribution in [0.25, 0.3) is 0 Å². The molecule has 0 aromatic heterocycles. The van der Waals surface area contributed by atoms with Gasteiger partial charge < -0.3 is 5.32 Å². The molecule has 1 aliphatic carbocycles. The predicted molar refractivity (Wildman–Crippen MR) is 83.1 cm³/mol. The molecular weight excluding hydrogens is 336 g/mol. The lowest BCUT2D eigenvalue weighted by Crippen LogP contribution is -2.39. The van der Waals surface area contributed by atoms with Gasteiger partial charge in [-0.15, -0.1) is 0 Å². The fourth-order valence-electron chi connectivity index (χ4n) is 2.78. The molecule has 4 heteroatoms. The van der Waals surface area contributed by atoms with E-state index in [4.69, 9.17) is 0 Å². The average Bonchev–Trinajstić information content (AvgIpc) is 2.42. The van der Waals surface area contributed by atoms with Crippen molar-refractivity contribution in [3.8, 4) is 0 Å². The SMILES string of the molecule is Fc1ccc(F)c(CNC2CC(c3ccccc3Br)C2)c1. The molecule has 1 saturated carbocycles. The summed E-state index contributed by atoms with van der Waals surface area (Å²) in [5.74, 6) is -0.214. The van der Waals surface area contributed by atoms with Gasteiger partial charge in [-0.1, -0.05) is 34.1 Å². The van der Waals surface area contributed by atoms with Crippen LogP contribution in [0.1, 0.15) is 29.9 Å². The van der Waals surface area contributed by atoms with Gasteiger partial charge in [-0.05, 0) is 48.6 Å². The number of rotatable bonds is 4. The lowest BCUT2D eigenvalue weighted by atomic mass is 9.76. The smallest absolute Gasteiger partial charge is 0.127 e. The minimum absolute atomic E-state index is 0.356. The lowest BCUT2D eigenvalue weighted by molar-refractivity contribution is 0.287. The number of hydrogen-bond donors (Lipinski definition) is 1. The minimum Gasteiger partial charge on any atom is -0.310 e. The van der Waals surface area contributed by atoms with Crippen molar-refractivity contribution in [1.29, 1.82) is 0 Å². The van der Waals surface area contributed by atoms with Crippen LogP contribution in [0.4, 0.5) is 8.78 Å². The van der Waals surface area contributed by atoms with E-state index in [9.17, 15) is 8.78 Å². The van der Waals surface area contributed by atoms with Crippen LogP contribution in [-0.2, 0) is 6.54 Å². The first-order valence-corrected chi connectivity index (χ1v) is 7.84. The van der Waals surface area contributed by atoms with Gasteiger partial charge in [-0.2, -0.15) is 0 Å². The summed E-state index contributed by atoms with van der Waals surface area (Å²) in [5, 5.41) is 3.30. The van der Waals surface area contributed by atoms with Gasteiger partial charge in [0.05, 0.1) is 0 Å². The highest BCUT2D eigenvalue weighted by molar-refractivity contribution is 9.10. The zero-order valence-electron chi connectivity index (χ0n) is 11.5. The van der Waals surface area contributed by atoms with Gasteiger partial charge in [-0.25, -0.2) is 8.78 Å². The molecule has 0 aliphatic heterocycles. The van der Waals surface area contributed by atoms with Gasteiger partial charge in [0.1, 0.15) is 11.6 Å². The maximum Gasteiger partial charge on any atom is 0.127 e. The van der Waals surface area contributed by atoms with Gasteiger partial charge in [0, 0.05) is 22.6 Å². The van der Waals surface area contributed by atoms with Crippen molar-refractivity contribution < 1.29 is 8.78 Å². The van der Waals surface area contributed by atoms with E-state index in [0.717, 1.165) is 23.4 Å². The molecule has 0 saturated heterocycles. The largest absolute Gasteiger partial charge is 0.310 e. The van der Waals surface area contributed by atoms with Crippen LogP contribution in [-0.4, -0.2) is 6.04 Å². The van der Waals surface area contributed by atoms with Crippen LogP contribution in [0.5, 0.6) is 0 Å². The Morgan fingerprint density at radius 3 is 2.62 bits per heavy atom. The molecule has 0 amide bonds. The van der Waals surface area contributed by atoms with Crippen molar-refractivity contribution in [2.24, 2.45) is 0 Å². The first kappa shape index (κ1) is 14.7. The van der Waals surface area contributed by atoms with Gasteiger partial charge in [0.25, 0.3) is 0 Å². The van der Waals surface area contributed by atoms with E-state index in [1.54, 1.807) is 0 Å². The summed E-state index contributed by atoms with van der Waals surface area (Å²) in [7, 11) is 0. The van der Waals surface area contributed by atoms with E-state index >= 15 is 0 Å². The molecule has 1 aliphatic rings. The second-order valence-corrected chi connectivity index (χ2v) is 6.36. The molecule has 2 aromatic carbocycles. The van der Waals surface area contributed by atoms with Crippen LogP contribution in [0, 0.1) is 11.6 Å². The summed E-state index contributed by atoms with van der Waals surface area (Å²) in [4.78, 5) is 0. The van der Waals surface area contributed by atoms with Crippen molar-refractivity contribution in [2.45, 2.75) is 31.3 Å². The van der Waals surface area contributed by atoms with Crippen LogP contribution in [0.2, 0.25) is 0 Å². The van der Waals surface area contributed by atoms with Crippen molar-refractivity contribution in [2.75, 3.05) is 0 Å². The molecule has 21 heavy (non-hydrogen) atoms. The molecule has 0 spiro atoms. The van der Waals surface area contributed by atoms with Crippen LogP contribution in [0.3, 0.4) is 0 Å². The van der Waals surface area contributed by atoms with E-state index in [2.05, 4.69) is 33.4 Å². The topological polar surface area (TPSA) is 12.0 Å². The number of benzene rings is 2. The first-order valence-electron chi connectivity index (χ1n) is 7.05. The summed E-state index contributed by atoms with van der Waals surface area (Å²) in [6.07, 6.45) is 2.05. The third kappa shape index (κ3) is 3.33. The summed E-state index contributed by atoms with van der Waals surface area (Å²) >= 11 is 3.57. The Bertz CT molecular complexity index is 638. The van der Waals surface area contributed by atoms with Crippen LogP contribution in [0.15, 0.2) is 46.9 Å². The molecule has 1 N–H and O–H groups in total. The Labute approximate surface area is 131 Å². The molecule has 0 atom stereocenters. The monoisotopic (exact) mass is 351 g/mol. The summed E-state index contributed by atoms with van der Waals surface area (Å²) < 4.78 is 27.8. The van der Waals surface area contributed by atoms with Crippen LogP contribution < -0.4 is 5.32 Å². The molecule has 0 bridgehead atoms. The molecular formula is C17H16BrF2N. The molecule has 0 heterocycles. The lowest BCUT2D eigenvalue weighted by Gasteiger charge is -2.37. The third-order valence-corrected chi connectivity index (χ3v) is 4.79.